The molecule has 0 saturated carbocycles. The highest BCUT2D eigenvalue weighted by molar-refractivity contribution is 6.31. The number of pyridine rings is 1. The van der Waals surface area contributed by atoms with Crippen molar-refractivity contribution in [2.24, 2.45) is 16.8 Å². The van der Waals surface area contributed by atoms with Gasteiger partial charge in [-0.15, -0.1) is 0 Å². The van der Waals surface area contributed by atoms with E-state index in [1.54, 1.807) is 19.9 Å². The highest BCUT2D eigenvalue weighted by Crippen LogP contribution is 2.40. The lowest BCUT2D eigenvalue weighted by Gasteiger charge is -2.33. The molecule has 2 unspecified atom stereocenters. The van der Waals surface area contributed by atoms with Gasteiger partial charge in [0.15, 0.2) is 0 Å². The van der Waals surface area contributed by atoms with Crippen LogP contribution in [0.25, 0.3) is 10.9 Å². The molecule has 1 aliphatic carbocycles. The van der Waals surface area contributed by atoms with E-state index in [-0.39, 0.29) is 18.8 Å². The third kappa shape index (κ3) is 8.18. The summed E-state index contributed by atoms with van der Waals surface area (Å²) in [6, 6.07) is 5.88. The summed E-state index contributed by atoms with van der Waals surface area (Å²) in [5.41, 5.74) is 6.23. The minimum Gasteiger partial charge on any atom is -0.468 e. The fourth-order valence-electron chi connectivity index (χ4n) is 6.19. The number of aliphatic imine (C=N–C) groups is 1. The highest BCUT2D eigenvalue weighted by atomic mass is 35.5. The number of anilines is 1. The summed E-state index contributed by atoms with van der Waals surface area (Å²) in [5.74, 6) is -2.71. The number of rotatable bonds is 15. The Hall–Kier alpha value is -3.24. The molecule has 0 radical (unpaired) electrons. The lowest BCUT2D eigenvalue weighted by atomic mass is 9.74. The van der Waals surface area contributed by atoms with Gasteiger partial charge in [0, 0.05) is 58.1 Å². The summed E-state index contributed by atoms with van der Waals surface area (Å²) in [5, 5.41) is 9.32. The largest absolute Gasteiger partial charge is 0.468 e. The molecule has 0 spiro atoms. The number of carbonyl (C=O) groups is 2. The van der Waals surface area contributed by atoms with Gasteiger partial charge in [0.1, 0.15) is 5.92 Å². The Morgan fingerprint density at radius 1 is 1.13 bits per heavy atom. The SMILES string of the molecule is C=CC(=C(Cl)CC)C1C(C(=O)OCC)=C(COCCNCCNc2c3c(nc4cc(Cl)ccc24)CCCC3)N=C(C)C1C(=O)OC. The Bertz CT molecular complexity index is 1550. The van der Waals surface area contributed by atoms with Crippen molar-refractivity contribution in [3.8, 4) is 0 Å². The molecule has 248 valence electrons. The molecule has 46 heavy (non-hydrogen) atoms. The summed E-state index contributed by atoms with van der Waals surface area (Å²) >= 11 is 12.9. The molecule has 0 saturated heterocycles. The van der Waals surface area contributed by atoms with Gasteiger partial charge in [-0.25, -0.2) is 4.79 Å². The Morgan fingerprint density at radius 2 is 1.91 bits per heavy atom. The average molecular weight is 672 g/mol. The second-order valence-corrected chi connectivity index (χ2v) is 12.1. The molecule has 0 amide bonds. The van der Waals surface area contributed by atoms with Crippen molar-refractivity contribution in [3.05, 3.63) is 69.0 Å². The van der Waals surface area contributed by atoms with Crippen molar-refractivity contribution < 1.29 is 23.8 Å². The number of carbonyl (C=O) groups excluding carboxylic acids is 2. The topological polar surface area (TPSA) is 111 Å². The summed E-state index contributed by atoms with van der Waals surface area (Å²) in [6.45, 7) is 11.9. The van der Waals surface area contributed by atoms with Crippen molar-refractivity contribution in [2.75, 3.05) is 51.9 Å². The summed E-state index contributed by atoms with van der Waals surface area (Å²) in [7, 11) is 1.31. The number of aromatic nitrogens is 1. The van der Waals surface area contributed by atoms with E-state index in [1.807, 2.05) is 25.1 Å². The molecule has 0 bridgehead atoms. The van der Waals surface area contributed by atoms with Gasteiger partial charge in [0.25, 0.3) is 0 Å². The molecule has 2 aromatic rings. The Kier molecular flexibility index (Phi) is 13.2. The molecule has 2 heterocycles. The molecule has 4 rings (SSSR count). The van der Waals surface area contributed by atoms with E-state index in [9.17, 15) is 9.59 Å². The fourth-order valence-corrected chi connectivity index (χ4v) is 6.55. The lowest BCUT2D eigenvalue weighted by molar-refractivity contribution is -0.144. The maximum absolute atomic E-state index is 13.3. The van der Waals surface area contributed by atoms with Crippen LogP contribution in [-0.2, 0) is 36.6 Å². The quantitative estimate of drug-likeness (QED) is 0.124. The minimum atomic E-state index is -0.851. The van der Waals surface area contributed by atoms with Crippen LogP contribution in [0.3, 0.4) is 0 Å². The third-order valence-corrected chi connectivity index (χ3v) is 9.06. The van der Waals surface area contributed by atoms with E-state index in [2.05, 4.69) is 22.2 Å². The van der Waals surface area contributed by atoms with Crippen molar-refractivity contribution in [3.63, 3.8) is 0 Å². The van der Waals surface area contributed by atoms with Crippen LogP contribution >= 0.6 is 23.2 Å². The molecule has 0 fully saturated rings. The van der Waals surface area contributed by atoms with Gasteiger partial charge >= 0.3 is 11.9 Å². The van der Waals surface area contributed by atoms with Gasteiger partial charge in [0.2, 0.25) is 0 Å². The number of allylic oxidation sites excluding steroid dienone is 3. The van der Waals surface area contributed by atoms with Crippen molar-refractivity contribution >= 4 is 57.4 Å². The number of fused-ring (bicyclic) bond motifs is 2. The number of benzene rings is 1. The van der Waals surface area contributed by atoms with Crippen LogP contribution in [0.4, 0.5) is 5.69 Å². The Labute approximate surface area is 281 Å². The van der Waals surface area contributed by atoms with Gasteiger partial charge in [-0.05, 0) is 75.3 Å². The second-order valence-electron chi connectivity index (χ2n) is 11.2. The predicted molar refractivity (Wildman–Crippen MR) is 185 cm³/mol. The molecule has 2 atom stereocenters. The standard InChI is InChI=1S/C35H44Cl2N4O5/c1-6-23(26(37)7-2)31-30(34(42)44-5)21(4)40-29(32(31)35(43)46-8-3)20-45-18-17-38-15-16-39-33-24-11-9-10-12-27(24)41-28-19-22(36)13-14-25(28)33/h6,13-14,19,30-31,38H,1,7-12,15-18,20H2,2-5H3,(H,39,41). The van der Waals surface area contributed by atoms with Crippen LogP contribution < -0.4 is 10.6 Å². The molecule has 1 aromatic heterocycles. The lowest BCUT2D eigenvalue weighted by Crippen LogP contribution is -2.39. The van der Waals surface area contributed by atoms with Crippen LogP contribution in [-0.4, -0.2) is 69.2 Å². The first kappa shape index (κ1) is 35.6. The summed E-state index contributed by atoms with van der Waals surface area (Å²) in [6.07, 6.45) is 6.41. The van der Waals surface area contributed by atoms with Gasteiger partial charge in [-0.3, -0.25) is 14.8 Å². The zero-order valence-corrected chi connectivity index (χ0v) is 28.7. The van der Waals surface area contributed by atoms with E-state index in [4.69, 9.17) is 42.4 Å². The summed E-state index contributed by atoms with van der Waals surface area (Å²) in [4.78, 5) is 35.8. The first-order chi connectivity index (χ1) is 22.2. The number of nitrogens with one attached hydrogen (secondary N) is 2. The zero-order valence-electron chi connectivity index (χ0n) is 27.1. The predicted octanol–water partition coefficient (Wildman–Crippen LogP) is 6.57. The Morgan fingerprint density at radius 3 is 2.63 bits per heavy atom. The first-order valence-corrected chi connectivity index (χ1v) is 16.7. The van der Waals surface area contributed by atoms with Crippen molar-refractivity contribution in [1.29, 1.82) is 0 Å². The molecule has 2 N–H and O–H groups in total. The van der Waals surface area contributed by atoms with Gasteiger partial charge < -0.3 is 24.8 Å². The van der Waals surface area contributed by atoms with Crippen LogP contribution in [0.1, 0.15) is 51.3 Å². The van der Waals surface area contributed by atoms with E-state index in [0.717, 1.165) is 61.1 Å². The molecule has 2 aliphatic rings. The molecule has 1 aromatic carbocycles. The molecule has 1 aliphatic heterocycles. The number of nitrogens with zero attached hydrogens (tertiary/aromatic N) is 2. The fraction of sp³-hybridized carbons (Fsp3) is 0.486. The van der Waals surface area contributed by atoms with E-state index in [0.29, 0.717) is 46.6 Å². The second kappa shape index (κ2) is 17.1. The minimum absolute atomic E-state index is 0.0572. The van der Waals surface area contributed by atoms with E-state index < -0.39 is 23.8 Å². The van der Waals surface area contributed by atoms with Gasteiger partial charge in [-0.2, -0.15) is 0 Å². The number of aryl methyl sites for hydroxylation is 1. The monoisotopic (exact) mass is 670 g/mol. The number of esters is 2. The van der Waals surface area contributed by atoms with Crippen LogP contribution in [0.2, 0.25) is 5.02 Å². The maximum Gasteiger partial charge on any atom is 0.336 e. The Balaban J connectivity index is 1.41. The number of methoxy groups -OCH3 is 1. The van der Waals surface area contributed by atoms with E-state index >= 15 is 0 Å². The smallest absolute Gasteiger partial charge is 0.336 e. The molecule has 11 heteroatoms. The van der Waals surface area contributed by atoms with Gasteiger partial charge in [0.05, 0.1) is 43.7 Å². The van der Waals surface area contributed by atoms with Crippen LogP contribution in [0, 0.1) is 11.8 Å². The third-order valence-electron chi connectivity index (χ3n) is 8.34. The van der Waals surface area contributed by atoms with E-state index in [1.165, 1.54) is 12.7 Å². The number of halogens is 2. The maximum atomic E-state index is 13.3. The first-order valence-electron chi connectivity index (χ1n) is 15.9. The van der Waals surface area contributed by atoms with Crippen LogP contribution in [0.15, 0.2) is 57.7 Å². The summed E-state index contributed by atoms with van der Waals surface area (Å²) < 4.78 is 16.5. The zero-order chi connectivity index (χ0) is 33.2. The number of hydrogen-bond donors (Lipinski definition) is 2. The van der Waals surface area contributed by atoms with Gasteiger partial charge in [-0.1, -0.05) is 42.8 Å². The highest BCUT2D eigenvalue weighted by Gasteiger charge is 2.44. The number of ether oxygens (including phenoxy) is 3. The number of hydrogen-bond acceptors (Lipinski definition) is 9. The average Bonchev–Trinajstić information content (AvgIpc) is 3.05. The molecule has 9 nitrogen and oxygen atoms in total. The normalized spacial score (nSPS) is 18.4. The van der Waals surface area contributed by atoms with Crippen LogP contribution in [0.5, 0.6) is 0 Å². The molecular formula is C35H44Cl2N4O5. The van der Waals surface area contributed by atoms with Crippen molar-refractivity contribution in [1.82, 2.24) is 10.3 Å². The van der Waals surface area contributed by atoms with Crippen molar-refractivity contribution in [2.45, 2.75) is 52.9 Å². The molecular weight excluding hydrogens is 627 g/mol.